The fourth-order valence-electron chi connectivity index (χ4n) is 4.12. The van der Waals surface area contributed by atoms with Crippen LogP contribution in [-0.2, 0) is 16.1 Å². The van der Waals surface area contributed by atoms with Gasteiger partial charge in [0.05, 0.1) is 25.5 Å². The first-order chi connectivity index (χ1) is 10.2. The lowest BCUT2D eigenvalue weighted by Crippen LogP contribution is -2.32. The Morgan fingerprint density at radius 1 is 1.10 bits per heavy atom. The Morgan fingerprint density at radius 3 is 2.33 bits per heavy atom. The number of para-hydroxylation sites is 1. The summed E-state index contributed by atoms with van der Waals surface area (Å²) in [5.41, 5.74) is 0.877. The van der Waals surface area contributed by atoms with Crippen molar-refractivity contribution >= 4 is 11.8 Å². The minimum Gasteiger partial charge on any atom is -0.496 e. The van der Waals surface area contributed by atoms with E-state index >= 15 is 0 Å². The van der Waals surface area contributed by atoms with Gasteiger partial charge in [-0.1, -0.05) is 30.4 Å². The Morgan fingerprint density at radius 2 is 1.71 bits per heavy atom. The molecular formula is C17H17NO3. The van der Waals surface area contributed by atoms with Gasteiger partial charge < -0.3 is 4.74 Å². The summed E-state index contributed by atoms with van der Waals surface area (Å²) in [5, 5.41) is 0. The van der Waals surface area contributed by atoms with Crippen LogP contribution in [0.5, 0.6) is 5.75 Å². The van der Waals surface area contributed by atoms with Crippen molar-refractivity contribution in [2.45, 2.75) is 13.0 Å². The molecule has 4 rings (SSSR count). The lowest BCUT2D eigenvalue weighted by atomic mass is 9.85. The molecule has 108 valence electrons. The number of carbonyl (C=O) groups excluding carboxylic acids is 2. The van der Waals surface area contributed by atoms with Gasteiger partial charge in [-0.25, -0.2) is 0 Å². The molecule has 3 aliphatic rings. The largest absolute Gasteiger partial charge is 0.496 e. The van der Waals surface area contributed by atoms with Crippen LogP contribution in [0.25, 0.3) is 0 Å². The first-order valence-electron chi connectivity index (χ1n) is 7.36. The van der Waals surface area contributed by atoms with Gasteiger partial charge in [-0.2, -0.15) is 0 Å². The fourth-order valence-corrected chi connectivity index (χ4v) is 4.12. The topological polar surface area (TPSA) is 46.6 Å². The number of fused-ring (bicyclic) bond motifs is 5. The number of hydrogen-bond donors (Lipinski definition) is 0. The average molecular weight is 283 g/mol. The molecule has 1 aliphatic heterocycles. The summed E-state index contributed by atoms with van der Waals surface area (Å²) in [7, 11) is 1.60. The molecule has 0 unspecified atom stereocenters. The number of likely N-dealkylation sites (tertiary alicyclic amines) is 1. The van der Waals surface area contributed by atoms with Crippen LogP contribution in [-0.4, -0.2) is 23.8 Å². The number of rotatable bonds is 3. The van der Waals surface area contributed by atoms with E-state index in [0.29, 0.717) is 6.54 Å². The molecule has 2 amide bonds. The third-order valence-corrected chi connectivity index (χ3v) is 5.08. The van der Waals surface area contributed by atoms with Crippen LogP contribution >= 0.6 is 0 Å². The van der Waals surface area contributed by atoms with Crippen molar-refractivity contribution in [3.05, 3.63) is 42.0 Å². The SMILES string of the molecule is COc1ccccc1CN1C(=O)[C@H]2[C@H](C1=O)[C@H]1C=C[C@H]2C1. The van der Waals surface area contributed by atoms with Crippen molar-refractivity contribution in [1.29, 1.82) is 0 Å². The van der Waals surface area contributed by atoms with Crippen molar-refractivity contribution in [3.8, 4) is 5.75 Å². The molecule has 2 bridgehead atoms. The monoisotopic (exact) mass is 283 g/mol. The average Bonchev–Trinajstić information content (AvgIpc) is 3.17. The van der Waals surface area contributed by atoms with Gasteiger partial charge in [0.2, 0.25) is 11.8 Å². The number of carbonyl (C=O) groups is 2. The zero-order valence-electron chi connectivity index (χ0n) is 11.9. The Kier molecular flexibility index (Phi) is 2.67. The number of allylic oxidation sites excluding steroid dienone is 2. The van der Waals surface area contributed by atoms with Crippen LogP contribution in [0.3, 0.4) is 0 Å². The molecule has 0 N–H and O–H groups in total. The van der Waals surface area contributed by atoms with E-state index in [1.807, 2.05) is 24.3 Å². The molecule has 0 spiro atoms. The number of hydrogen-bond acceptors (Lipinski definition) is 3. The number of methoxy groups -OCH3 is 1. The van der Waals surface area contributed by atoms with Crippen molar-refractivity contribution in [2.24, 2.45) is 23.7 Å². The zero-order valence-corrected chi connectivity index (χ0v) is 11.9. The van der Waals surface area contributed by atoms with Crippen molar-refractivity contribution in [2.75, 3.05) is 7.11 Å². The van der Waals surface area contributed by atoms with E-state index in [1.165, 1.54) is 4.90 Å². The number of benzene rings is 1. The number of ether oxygens (including phenoxy) is 1. The van der Waals surface area contributed by atoms with Gasteiger partial charge in [-0.05, 0) is 24.3 Å². The molecule has 1 saturated heterocycles. The third-order valence-electron chi connectivity index (χ3n) is 5.08. The summed E-state index contributed by atoms with van der Waals surface area (Å²) in [6.45, 7) is 0.314. The summed E-state index contributed by atoms with van der Waals surface area (Å²) in [6.07, 6.45) is 5.20. The maximum absolute atomic E-state index is 12.6. The second-order valence-corrected chi connectivity index (χ2v) is 6.07. The van der Waals surface area contributed by atoms with E-state index in [2.05, 4.69) is 12.2 Å². The van der Waals surface area contributed by atoms with Gasteiger partial charge in [0.1, 0.15) is 5.75 Å². The van der Waals surface area contributed by atoms with Crippen LogP contribution in [0.15, 0.2) is 36.4 Å². The number of imide groups is 1. The van der Waals surface area contributed by atoms with E-state index in [0.717, 1.165) is 17.7 Å². The van der Waals surface area contributed by atoms with Gasteiger partial charge >= 0.3 is 0 Å². The highest BCUT2D eigenvalue weighted by Gasteiger charge is 2.59. The van der Waals surface area contributed by atoms with E-state index in [1.54, 1.807) is 7.11 Å². The van der Waals surface area contributed by atoms with E-state index in [-0.39, 0.29) is 35.5 Å². The lowest BCUT2D eigenvalue weighted by Gasteiger charge is -2.18. The van der Waals surface area contributed by atoms with Crippen LogP contribution in [0.2, 0.25) is 0 Å². The highest BCUT2D eigenvalue weighted by Crippen LogP contribution is 2.52. The van der Waals surface area contributed by atoms with Crippen molar-refractivity contribution in [1.82, 2.24) is 4.90 Å². The summed E-state index contributed by atoms with van der Waals surface area (Å²) >= 11 is 0. The molecule has 21 heavy (non-hydrogen) atoms. The van der Waals surface area contributed by atoms with Crippen LogP contribution in [0.1, 0.15) is 12.0 Å². The summed E-state index contributed by atoms with van der Waals surface area (Å²) in [4.78, 5) is 26.7. The Balaban J connectivity index is 1.63. The maximum Gasteiger partial charge on any atom is 0.234 e. The predicted molar refractivity (Wildman–Crippen MR) is 76.3 cm³/mol. The first kappa shape index (κ1) is 12.6. The molecule has 0 aromatic heterocycles. The van der Waals surface area contributed by atoms with E-state index < -0.39 is 0 Å². The van der Waals surface area contributed by atoms with Crippen LogP contribution in [0.4, 0.5) is 0 Å². The second kappa shape index (κ2) is 4.45. The predicted octanol–water partition coefficient (Wildman–Crippen LogP) is 2.00. The lowest BCUT2D eigenvalue weighted by molar-refractivity contribution is -0.141. The summed E-state index contributed by atoms with van der Waals surface area (Å²) in [6, 6.07) is 7.54. The zero-order chi connectivity index (χ0) is 14.6. The number of amides is 2. The Labute approximate surface area is 123 Å². The quantitative estimate of drug-likeness (QED) is 0.629. The van der Waals surface area contributed by atoms with Crippen molar-refractivity contribution in [3.63, 3.8) is 0 Å². The minimum absolute atomic E-state index is 0.00671. The number of nitrogens with zero attached hydrogens (tertiary/aromatic N) is 1. The minimum atomic E-state index is -0.123. The summed E-state index contributed by atoms with van der Waals surface area (Å²) < 4.78 is 5.31. The Bertz CT molecular complexity index is 621. The molecule has 1 saturated carbocycles. The van der Waals surface area contributed by atoms with Gasteiger partial charge in [-0.15, -0.1) is 0 Å². The molecule has 1 aromatic carbocycles. The first-order valence-corrected chi connectivity index (χ1v) is 7.36. The van der Waals surface area contributed by atoms with Crippen LogP contribution in [0, 0.1) is 23.7 Å². The molecule has 2 fully saturated rings. The van der Waals surface area contributed by atoms with Crippen molar-refractivity contribution < 1.29 is 14.3 Å². The standard InChI is InChI=1S/C17H17NO3/c1-21-13-5-3-2-4-12(13)9-18-16(19)14-10-6-7-11(8-10)15(14)17(18)20/h2-7,10-11,14-15H,8-9H2,1H3/t10-,11-,14+,15+/m0/s1. The van der Waals surface area contributed by atoms with E-state index in [4.69, 9.17) is 4.74 Å². The molecule has 4 nitrogen and oxygen atoms in total. The van der Waals surface area contributed by atoms with E-state index in [9.17, 15) is 9.59 Å². The molecule has 4 atom stereocenters. The van der Waals surface area contributed by atoms with Gasteiger partial charge in [0.25, 0.3) is 0 Å². The van der Waals surface area contributed by atoms with Gasteiger partial charge in [0.15, 0.2) is 0 Å². The molecule has 4 heteroatoms. The molecule has 1 heterocycles. The highest BCUT2D eigenvalue weighted by molar-refractivity contribution is 6.06. The highest BCUT2D eigenvalue weighted by atomic mass is 16.5. The van der Waals surface area contributed by atoms with Crippen LogP contribution < -0.4 is 4.74 Å². The van der Waals surface area contributed by atoms with Gasteiger partial charge in [0, 0.05) is 5.56 Å². The fraction of sp³-hybridized carbons (Fsp3) is 0.412. The van der Waals surface area contributed by atoms with Gasteiger partial charge in [-0.3, -0.25) is 14.5 Å². The summed E-state index contributed by atoms with van der Waals surface area (Å²) in [5.74, 6) is 0.986. The molecule has 0 radical (unpaired) electrons. The normalized spacial score (nSPS) is 32.9. The smallest absolute Gasteiger partial charge is 0.234 e. The molecular weight excluding hydrogens is 266 g/mol. The third kappa shape index (κ3) is 1.68. The Hall–Kier alpha value is -2.10. The maximum atomic E-state index is 12.6. The molecule has 1 aromatic rings. The second-order valence-electron chi connectivity index (χ2n) is 6.07. The molecule has 2 aliphatic carbocycles.